The van der Waals surface area contributed by atoms with Crippen LogP contribution >= 0.6 is 0 Å². The molecule has 1 aliphatic carbocycles. The SMILES string of the molecule is CNC(=O)CN1CCOCC2(CCCN(C(=O)C3CC3)C2)C1. The number of hydrogen-bond acceptors (Lipinski definition) is 4. The highest BCUT2D eigenvalue weighted by Crippen LogP contribution is 2.37. The Bertz CT molecular complexity index is 438. The van der Waals surface area contributed by atoms with Crippen LogP contribution < -0.4 is 5.32 Å². The second-order valence-corrected chi connectivity index (χ2v) is 7.07. The predicted molar refractivity (Wildman–Crippen MR) is 82.3 cm³/mol. The van der Waals surface area contributed by atoms with Gasteiger partial charge in [-0.2, -0.15) is 0 Å². The maximum atomic E-state index is 12.4. The molecule has 0 radical (unpaired) electrons. The Morgan fingerprint density at radius 1 is 1.27 bits per heavy atom. The third-order valence-corrected chi connectivity index (χ3v) is 5.06. The van der Waals surface area contributed by atoms with Gasteiger partial charge in [-0.1, -0.05) is 0 Å². The molecule has 2 saturated heterocycles. The molecule has 124 valence electrons. The molecule has 1 unspecified atom stereocenters. The number of amides is 2. The smallest absolute Gasteiger partial charge is 0.233 e. The molecular formula is C16H27N3O3. The van der Waals surface area contributed by atoms with E-state index < -0.39 is 0 Å². The summed E-state index contributed by atoms with van der Waals surface area (Å²) in [6, 6.07) is 0. The number of likely N-dealkylation sites (tertiary alicyclic amines) is 1. The van der Waals surface area contributed by atoms with Gasteiger partial charge in [0.15, 0.2) is 0 Å². The molecule has 2 aliphatic heterocycles. The maximum absolute atomic E-state index is 12.4. The Hall–Kier alpha value is -1.14. The molecule has 0 aromatic rings. The first-order valence-electron chi connectivity index (χ1n) is 8.41. The summed E-state index contributed by atoms with van der Waals surface area (Å²) in [6.07, 6.45) is 4.23. The largest absolute Gasteiger partial charge is 0.379 e. The molecular weight excluding hydrogens is 282 g/mol. The standard InChI is InChI=1S/C16H27N3O3/c1-17-14(20)9-18-7-8-22-12-16(10-18)5-2-6-19(11-16)15(21)13-3-4-13/h13H,2-12H2,1H3,(H,17,20). The van der Waals surface area contributed by atoms with Gasteiger partial charge in [0.25, 0.3) is 0 Å². The van der Waals surface area contributed by atoms with Crippen molar-refractivity contribution in [2.45, 2.75) is 25.7 Å². The lowest BCUT2D eigenvalue weighted by atomic mass is 9.80. The van der Waals surface area contributed by atoms with Gasteiger partial charge >= 0.3 is 0 Å². The summed E-state index contributed by atoms with van der Waals surface area (Å²) >= 11 is 0. The Kier molecular flexibility index (Phi) is 4.68. The molecule has 0 aromatic heterocycles. The number of rotatable bonds is 3. The number of hydrogen-bond donors (Lipinski definition) is 1. The van der Waals surface area contributed by atoms with Crippen LogP contribution in [-0.4, -0.2) is 74.6 Å². The molecule has 1 N–H and O–H groups in total. The molecule has 6 nitrogen and oxygen atoms in total. The Morgan fingerprint density at radius 2 is 2.09 bits per heavy atom. The Balaban J connectivity index is 1.66. The molecule has 6 heteroatoms. The van der Waals surface area contributed by atoms with Crippen molar-refractivity contribution in [1.29, 1.82) is 0 Å². The first-order valence-corrected chi connectivity index (χ1v) is 8.41. The number of piperidine rings is 1. The first-order chi connectivity index (χ1) is 10.6. The lowest BCUT2D eigenvalue weighted by Crippen LogP contribution is -2.53. The lowest BCUT2D eigenvalue weighted by molar-refractivity contribution is -0.137. The van der Waals surface area contributed by atoms with Gasteiger partial charge in [0.05, 0.1) is 19.8 Å². The van der Waals surface area contributed by atoms with E-state index in [1.165, 1.54) is 0 Å². The lowest BCUT2D eigenvalue weighted by Gasteiger charge is -2.43. The Morgan fingerprint density at radius 3 is 2.82 bits per heavy atom. The zero-order valence-electron chi connectivity index (χ0n) is 13.5. The maximum Gasteiger partial charge on any atom is 0.233 e. The highest BCUT2D eigenvalue weighted by molar-refractivity contribution is 5.81. The molecule has 0 bridgehead atoms. The van der Waals surface area contributed by atoms with Gasteiger partial charge in [-0.15, -0.1) is 0 Å². The van der Waals surface area contributed by atoms with E-state index in [1.807, 2.05) is 4.90 Å². The molecule has 2 heterocycles. The highest BCUT2D eigenvalue weighted by Gasteiger charge is 2.43. The first kappa shape index (κ1) is 15.7. The van der Waals surface area contributed by atoms with E-state index in [-0.39, 0.29) is 17.2 Å². The number of ether oxygens (including phenoxy) is 1. The van der Waals surface area contributed by atoms with E-state index in [0.29, 0.717) is 25.7 Å². The van der Waals surface area contributed by atoms with Crippen LogP contribution in [-0.2, 0) is 14.3 Å². The normalized spacial score (nSPS) is 30.1. The zero-order chi connectivity index (χ0) is 15.6. The summed E-state index contributed by atoms with van der Waals surface area (Å²) in [5.74, 6) is 0.656. The van der Waals surface area contributed by atoms with Crippen LogP contribution in [0.4, 0.5) is 0 Å². The summed E-state index contributed by atoms with van der Waals surface area (Å²) < 4.78 is 5.83. The summed E-state index contributed by atoms with van der Waals surface area (Å²) in [6.45, 7) is 5.07. The van der Waals surface area contributed by atoms with Crippen molar-refractivity contribution in [3.05, 3.63) is 0 Å². The van der Waals surface area contributed by atoms with Crippen molar-refractivity contribution >= 4 is 11.8 Å². The molecule has 1 atom stereocenters. The van der Waals surface area contributed by atoms with Gasteiger partial charge in [-0.25, -0.2) is 0 Å². The van der Waals surface area contributed by atoms with Crippen LogP contribution in [0.1, 0.15) is 25.7 Å². The number of likely N-dealkylation sites (N-methyl/N-ethyl adjacent to an activating group) is 1. The van der Waals surface area contributed by atoms with Crippen molar-refractivity contribution in [3.63, 3.8) is 0 Å². The quantitative estimate of drug-likeness (QED) is 0.802. The number of nitrogens with one attached hydrogen (secondary N) is 1. The Labute approximate surface area is 132 Å². The molecule has 22 heavy (non-hydrogen) atoms. The van der Waals surface area contributed by atoms with E-state index in [1.54, 1.807) is 7.05 Å². The van der Waals surface area contributed by atoms with Gasteiger partial charge in [-0.3, -0.25) is 14.5 Å². The summed E-state index contributed by atoms with van der Waals surface area (Å²) in [5.41, 5.74) is -0.00663. The van der Waals surface area contributed by atoms with Crippen molar-refractivity contribution in [3.8, 4) is 0 Å². The summed E-state index contributed by atoms with van der Waals surface area (Å²) in [5, 5.41) is 2.69. The van der Waals surface area contributed by atoms with Crippen molar-refractivity contribution in [2.24, 2.45) is 11.3 Å². The van der Waals surface area contributed by atoms with Crippen LogP contribution in [0.25, 0.3) is 0 Å². The summed E-state index contributed by atoms with van der Waals surface area (Å²) in [4.78, 5) is 28.3. The van der Waals surface area contributed by atoms with Crippen molar-refractivity contribution in [2.75, 3.05) is 53.0 Å². The number of carbonyl (C=O) groups is 2. The van der Waals surface area contributed by atoms with Crippen LogP contribution in [0.5, 0.6) is 0 Å². The highest BCUT2D eigenvalue weighted by atomic mass is 16.5. The van der Waals surface area contributed by atoms with Crippen LogP contribution in [0.2, 0.25) is 0 Å². The fourth-order valence-corrected chi connectivity index (χ4v) is 3.73. The van der Waals surface area contributed by atoms with Gasteiger partial charge in [-0.05, 0) is 25.7 Å². The second-order valence-electron chi connectivity index (χ2n) is 7.07. The third-order valence-electron chi connectivity index (χ3n) is 5.06. The number of carbonyl (C=O) groups excluding carboxylic acids is 2. The summed E-state index contributed by atoms with van der Waals surface area (Å²) in [7, 11) is 1.67. The molecule has 3 fully saturated rings. The molecule has 3 rings (SSSR count). The third kappa shape index (κ3) is 3.60. The average Bonchev–Trinajstić information content (AvgIpc) is 3.35. The van der Waals surface area contributed by atoms with E-state index in [9.17, 15) is 9.59 Å². The van der Waals surface area contributed by atoms with E-state index in [2.05, 4.69) is 10.2 Å². The van der Waals surface area contributed by atoms with Gasteiger partial charge < -0.3 is 15.0 Å². The van der Waals surface area contributed by atoms with Crippen molar-refractivity contribution < 1.29 is 14.3 Å². The minimum atomic E-state index is -0.00663. The fraction of sp³-hybridized carbons (Fsp3) is 0.875. The van der Waals surface area contributed by atoms with Crippen LogP contribution in [0, 0.1) is 11.3 Å². The minimum absolute atomic E-state index is 0.00663. The van der Waals surface area contributed by atoms with Crippen LogP contribution in [0.15, 0.2) is 0 Å². The molecule has 3 aliphatic rings. The fourth-order valence-electron chi connectivity index (χ4n) is 3.73. The van der Waals surface area contributed by atoms with Gasteiger partial charge in [0.2, 0.25) is 11.8 Å². The monoisotopic (exact) mass is 309 g/mol. The van der Waals surface area contributed by atoms with Crippen molar-refractivity contribution in [1.82, 2.24) is 15.1 Å². The van der Waals surface area contributed by atoms with E-state index >= 15 is 0 Å². The zero-order valence-corrected chi connectivity index (χ0v) is 13.5. The van der Waals surface area contributed by atoms with Gasteiger partial charge in [0, 0.05) is 44.6 Å². The minimum Gasteiger partial charge on any atom is -0.379 e. The van der Waals surface area contributed by atoms with E-state index in [0.717, 1.165) is 51.9 Å². The van der Waals surface area contributed by atoms with E-state index in [4.69, 9.17) is 4.74 Å². The predicted octanol–water partition coefficient (Wildman–Crippen LogP) is 0.0834. The molecule has 2 amide bonds. The van der Waals surface area contributed by atoms with Gasteiger partial charge in [0.1, 0.15) is 0 Å². The molecule has 0 aromatic carbocycles. The number of nitrogens with zero attached hydrogens (tertiary/aromatic N) is 2. The molecule has 1 spiro atoms. The second kappa shape index (κ2) is 6.54. The molecule has 1 saturated carbocycles. The van der Waals surface area contributed by atoms with Crippen LogP contribution in [0.3, 0.4) is 0 Å². The average molecular weight is 309 g/mol. The topological polar surface area (TPSA) is 61.9 Å².